The number of nitriles is 1. The zero-order valence-electron chi connectivity index (χ0n) is 14.6. The Kier molecular flexibility index (Phi) is 5.39. The van der Waals surface area contributed by atoms with Crippen molar-refractivity contribution in [2.45, 2.75) is 38.3 Å². The van der Waals surface area contributed by atoms with Crippen LogP contribution in [0.1, 0.15) is 31.7 Å². The molecular formula is C18H25N5O2. The standard InChI is InChI=1S/C18H25N5O2/c1-13(24)15-4-7-23(12-15)18(25)21-16-5-8-22(9-6-16)17-3-2-14(10-19)11-20-17/h2-3,11,13,15-16,24H,4-9,12H2,1H3,(H,21,25). The van der Waals surface area contributed by atoms with Gasteiger partial charge in [-0.2, -0.15) is 5.26 Å². The van der Waals surface area contributed by atoms with Crippen molar-refractivity contribution in [3.05, 3.63) is 23.9 Å². The van der Waals surface area contributed by atoms with Crippen LogP contribution in [-0.4, -0.2) is 59.3 Å². The Morgan fingerprint density at radius 1 is 1.36 bits per heavy atom. The van der Waals surface area contributed by atoms with E-state index in [1.54, 1.807) is 19.2 Å². The van der Waals surface area contributed by atoms with Gasteiger partial charge in [0.25, 0.3) is 0 Å². The molecule has 0 aromatic carbocycles. The fourth-order valence-corrected chi connectivity index (χ4v) is 3.52. The number of hydrogen-bond donors (Lipinski definition) is 2. The van der Waals surface area contributed by atoms with E-state index in [0.29, 0.717) is 12.1 Å². The lowest BCUT2D eigenvalue weighted by atomic mass is 10.0. The molecule has 134 valence electrons. The Bertz CT molecular complexity index is 632. The lowest BCUT2D eigenvalue weighted by molar-refractivity contribution is 0.129. The van der Waals surface area contributed by atoms with Crippen molar-refractivity contribution in [1.82, 2.24) is 15.2 Å². The fraction of sp³-hybridized carbons (Fsp3) is 0.611. The summed E-state index contributed by atoms with van der Waals surface area (Å²) in [5.74, 6) is 1.07. The topological polar surface area (TPSA) is 92.5 Å². The number of rotatable bonds is 3. The predicted molar refractivity (Wildman–Crippen MR) is 94.1 cm³/mol. The molecule has 2 atom stereocenters. The number of urea groups is 1. The molecule has 2 fully saturated rings. The number of pyridine rings is 1. The van der Waals surface area contributed by atoms with E-state index in [4.69, 9.17) is 5.26 Å². The van der Waals surface area contributed by atoms with Gasteiger partial charge in [0.2, 0.25) is 0 Å². The van der Waals surface area contributed by atoms with Crippen molar-refractivity contribution in [2.75, 3.05) is 31.1 Å². The fourth-order valence-electron chi connectivity index (χ4n) is 3.52. The van der Waals surface area contributed by atoms with E-state index in [1.165, 1.54) is 0 Å². The molecule has 0 aliphatic carbocycles. The number of nitrogens with zero attached hydrogens (tertiary/aromatic N) is 4. The van der Waals surface area contributed by atoms with Crippen molar-refractivity contribution in [3.63, 3.8) is 0 Å². The van der Waals surface area contributed by atoms with E-state index in [1.807, 2.05) is 11.0 Å². The second-order valence-corrected chi connectivity index (χ2v) is 6.96. The predicted octanol–water partition coefficient (Wildman–Crippen LogP) is 1.33. The third-order valence-electron chi connectivity index (χ3n) is 5.22. The normalized spacial score (nSPS) is 22.5. The first-order valence-corrected chi connectivity index (χ1v) is 8.91. The van der Waals surface area contributed by atoms with Crippen molar-refractivity contribution >= 4 is 11.8 Å². The van der Waals surface area contributed by atoms with Crippen molar-refractivity contribution in [2.24, 2.45) is 5.92 Å². The molecule has 2 amide bonds. The van der Waals surface area contributed by atoms with Gasteiger partial charge >= 0.3 is 6.03 Å². The number of carbonyl (C=O) groups excluding carboxylic acids is 1. The summed E-state index contributed by atoms with van der Waals surface area (Å²) in [4.78, 5) is 20.7. The van der Waals surface area contributed by atoms with Crippen LogP contribution in [-0.2, 0) is 0 Å². The number of likely N-dealkylation sites (tertiary alicyclic amines) is 1. The SMILES string of the molecule is CC(O)C1CCN(C(=O)NC2CCN(c3ccc(C#N)cn3)CC2)C1. The van der Waals surface area contributed by atoms with Crippen LogP contribution in [0.15, 0.2) is 18.3 Å². The number of amides is 2. The molecule has 7 nitrogen and oxygen atoms in total. The number of aliphatic hydroxyl groups excluding tert-OH is 1. The molecule has 2 saturated heterocycles. The molecule has 7 heteroatoms. The summed E-state index contributed by atoms with van der Waals surface area (Å²) in [5.41, 5.74) is 0.562. The van der Waals surface area contributed by atoms with E-state index in [-0.39, 0.29) is 24.1 Å². The molecule has 0 bridgehead atoms. The van der Waals surface area contributed by atoms with Crippen LogP contribution in [0.25, 0.3) is 0 Å². The van der Waals surface area contributed by atoms with Crippen LogP contribution in [0.3, 0.4) is 0 Å². The Hall–Kier alpha value is -2.33. The number of piperidine rings is 1. The number of hydrogen-bond acceptors (Lipinski definition) is 5. The molecule has 0 spiro atoms. The minimum Gasteiger partial charge on any atom is -0.393 e. The number of aromatic nitrogens is 1. The Morgan fingerprint density at radius 3 is 2.68 bits per heavy atom. The zero-order chi connectivity index (χ0) is 17.8. The van der Waals surface area contributed by atoms with E-state index in [2.05, 4.69) is 21.3 Å². The number of carbonyl (C=O) groups is 1. The Labute approximate surface area is 148 Å². The molecule has 1 aromatic heterocycles. The van der Waals surface area contributed by atoms with Crippen LogP contribution in [0.5, 0.6) is 0 Å². The average molecular weight is 343 g/mol. The number of anilines is 1. The summed E-state index contributed by atoms with van der Waals surface area (Å²) in [6.07, 6.45) is 3.85. The van der Waals surface area contributed by atoms with Gasteiger partial charge in [0, 0.05) is 44.3 Å². The van der Waals surface area contributed by atoms with Crippen LogP contribution in [0, 0.1) is 17.2 Å². The molecule has 2 unspecified atom stereocenters. The highest BCUT2D eigenvalue weighted by Gasteiger charge is 2.30. The van der Waals surface area contributed by atoms with Gasteiger partial charge in [0.05, 0.1) is 11.7 Å². The average Bonchev–Trinajstić information content (AvgIpc) is 3.13. The minimum atomic E-state index is -0.360. The van der Waals surface area contributed by atoms with Crippen molar-refractivity contribution < 1.29 is 9.90 Å². The third kappa shape index (κ3) is 4.20. The van der Waals surface area contributed by atoms with Gasteiger partial charge in [-0.05, 0) is 38.3 Å². The van der Waals surface area contributed by atoms with Gasteiger partial charge < -0.3 is 20.2 Å². The van der Waals surface area contributed by atoms with Crippen molar-refractivity contribution in [1.29, 1.82) is 5.26 Å². The third-order valence-corrected chi connectivity index (χ3v) is 5.22. The summed E-state index contributed by atoms with van der Waals surface area (Å²) in [6, 6.07) is 5.88. The first-order chi connectivity index (χ1) is 12.1. The summed E-state index contributed by atoms with van der Waals surface area (Å²) >= 11 is 0. The highest BCUT2D eigenvalue weighted by atomic mass is 16.3. The second kappa shape index (κ2) is 7.70. The molecule has 0 radical (unpaired) electrons. The summed E-state index contributed by atoms with van der Waals surface area (Å²) in [6.45, 7) is 4.81. The van der Waals surface area contributed by atoms with Crippen LogP contribution in [0.2, 0.25) is 0 Å². The largest absolute Gasteiger partial charge is 0.393 e. The Morgan fingerprint density at radius 2 is 2.12 bits per heavy atom. The van der Waals surface area contributed by atoms with Gasteiger partial charge in [-0.3, -0.25) is 0 Å². The summed E-state index contributed by atoms with van der Waals surface area (Å²) < 4.78 is 0. The zero-order valence-corrected chi connectivity index (χ0v) is 14.6. The second-order valence-electron chi connectivity index (χ2n) is 6.96. The molecule has 0 saturated carbocycles. The quantitative estimate of drug-likeness (QED) is 0.864. The highest BCUT2D eigenvalue weighted by Crippen LogP contribution is 2.21. The summed E-state index contributed by atoms with van der Waals surface area (Å²) in [5, 5.41) is 21.6. The van der Waals surface area contributed by atoms with Gasteiger partial charge in [-0.15, -0.1) is 0 Å². The van der Waals surface area contributed by atoms with Crippen molar-refractivity contribution in [3.8, 4) is 6.07 Å². The van der Waals surface area contributed by atoms with E-state index in [0.717, 1.165) is 44.7 Å². The first-order valence-electron chi connectivity index (χ1n) is 8.91. The highest BCUT2D eigenvalue weighted by molar-refractivity contribution is 5.74. The van der Waals surface area contributed by atoms with Gasteiger partial charge in [-0.25, -0.2) is 9.78 Å². The van der Waals surface area contributed by atoms with Crippen LogP contribution >= 0.6 is 0 Å². The first kappa shape index (κ1) is 17.5. The van der Waals surface area contributed by atoms with E-state index < -0.39 is 0 Å². The minimum absolute atomic E-state index is 0.0156. The molecular weight excluding hydrogens is 318 g/mol. The number of aliphatic hydroxyl groups is 1. The number of nitrogens with one attached hydrogen (secondary N) is 1. The van der Waals surface area contributed by atoms with E-state index in [9.17, 15) is 9.90 Å². The molecule has 1 aromatic rings. The lowest BCUT2D eigenvalue weighted by Crippen LogP contribution is -2.49. The van der Waals surface area contributed by atoms with Gasteiger partial charge in [-0.1, -0.05) is 0 Å². The van der Waals surface area contributed by atoms with Gasteiger partial charge in [0.15, 0.2) is 0 Å². The smallest absolute Gasteiger partial charge is 0.317 e. The molecule has 3 heterocycles. The lowest BCUT2D eigenvalue weighted by Gasteiger charge is -2.34. The molecule has 25 heavy (non-hydrogen) atoms. The van der Waals surface area contributed by atoms with Gasteiger partial charge in [0.1, 0.15) is 11.9 Å². The molecule has 2 aliphatic heterocycles. The monoisotopic (exact) mass is 343 g/mol. The Balaban J connectivity index is 1.46. The summed E-state index contributed by atoms with van der Waals surface area (Å²) in [7, 11) is 0. The molecule has 2 aliphatic rings. The van der Waals surface area contributed by atoms with Crippen LogP contribution in [0.4, 0.5) is 10.6 Å². The maximum atomic E-state index is 12.4. The maximum Gasteiger partial charge on any atom is 0.317 e. The van der Waals surface area contributed by atoms with E-state index >= 15 is 0 Å². The maximum absolute atomic E-state index is 12.4. The molecule has 2 N–H and O–H groups in total. The van der Waals surface area contributed by atoms with Crippen LogP contribution < -0.4 is 10.2 Å². The molecule has 3 rings (SSSR count).